The third kappa shape index (κ3) is 3.88. The predicted molar refractivity (Wildman–Crippen MR) is 101 cm³/mol. The van der Waals surface area contributed by atoms with Crippen molar-refractivity contribution in [1.29, 1.82) is 0 Å². The van der Waals surface area contributed by atoms with Crippen LogP contribution >= 0.6 is 0 Å². The van der Waals surface area contributed by atoms with E-state index in [4.69, 9.17) is 27.8 Å². The molecule has 4 heterocycles. The molecule has 0 saturated carbocycles. The van der Waals surface area contributed by atoms with Gasteiger partial charge in [-0.25, -0.2) is 0 Å². The summed E-state index contributed by atoms with van der Waals surface area (Å²) >= 11 is 0. The lowest BCUT2D eigenvalue weighted by Crippen LogP contribution is -2.47. The molecule has 27 heavy (non-hydrogen) atoms. The lowest BCUT2D eigenvalue weighted by molar-refractivity contribution is 0.241. The summed E-state index contributed by atoms with van der Waals surface area (Å²) in [6.07, 6.45) is 21.8. The SMILES string of the molecule is C1=CC(O[Si](OC2=CCOC=C2)(C2=CCOC=C2)C2=CCOC=C2)=CCO1. The van der Waals surface area contributed by atoms with Gasteiger partial charge in [-0.2, -0.15) is 0 Å². The summed E-state index contributed by atoms with van der Waals surface area (Å²) in [4.78, 5) is 0. The number of rotatable bonds is 6. The Balaban J connectivity index is 1.78. The van der Waals surface area contributed by atoms with E-state index in [1.807, 2.05) is 36.5 Å². The van der Waals surface area contributed by atoms with Gasteiger partial charge in [0.2, 0.25) is 0 Å². The molecule has 4 aliphatic heterocycles. The van der Waals surface area contributed by atoms with E-state index in [9.17, 15) is 0 Å². The lowest BCUT2D eigenvalue weighted by atomic mass is 10.4. The Morgan fingerprint density at radius 2 is 0.963 bits per heavy atom. The summed E-state index contributed by atoms with van der Waals surface area (Å²) in [6, 6.07) is 0. The molecule has 4 rings (SSSR count). The Bertz CT molecular complexity index is 744. The van der Waals surface area contributed by atoms with Crippen LogP contribution in [0.4, 0.5) is 0 Å². The zero-order chi connectivity index (χ0) is 18.4. The molecule has 0 aromatic rings. The Morgan fingerprint density at radius 3 is 1.30 bits per heavy atom. The van der Waals surface area contributed by atoms with Crippen molar-refractivity contribution in [1.82, 2.24) is 0 Å². The minimum Gasteiger partial charge on any atom is -0.506 e. The Kier molecular flexibility index (Phi) is 5.20. The standard InChI is InChI=1S/C20H20O6Si/c1-9-21-10-2-17(1)25-27(19-5-13-23-14-6-19,20-7-15-24-16-8-20)26-18-3-11-22-12-4-18/h1-9,11,13,15H,10,12,14,16H2. The average Bonchev–Trinajstić information content (AvgIpc) is 2.76. The number of hydrogen-bond donors (Lipinski definition) is 0. The van der Waals surface area contributed by atoms with E-state index in [0.717, 1.165) is 10.4 Å². The van der Waals surface area contributed by atoms with Crippen LogP contribution in [0.1, 0.15) is 0 Å². The lowest BCUT2D eigenvalue weighted by Gasteiger charge is -2.35. The molecule has 0 amide bonds. The number of allylic oxidation sites excluding steroid dienone is 6. The van der Waals surface area contributed by atoms with E-state index in [0.29, 0.717) is 37.9 Å². The Morgan fingerprint density at radius 1 is 0.556 bits per heavy atom. The van der Waals surface area contributed by atoms with Gasteiger partial charge in [0.15, 0.2) is 0 Å². The van der Waals surface area contributed by atoms with Gasteiger partial charge in [-0.05, 0) is 36.5 Å². The average molecular weight is 384 g/mol. The molecular formula is C20H20O6Si. The molecule has 0 aromatic carbocycles. The quantitative estimate of drug-likeness (QED) is 0.655. The van der Waals surface area contributed by atoms with Crippen molar-refractivity contribution in [2.75, 3.05) is 26.4 Å². The Labute approximate surface area is 158 Å². The van der Waals surface area contributed by atoms with Gasteiger partial charge in [0, 0.05) is 22.5 Å². The maximum atomic E-state index is 6.61. The zero-order valence-corrected chi connectivity index (χ0v) is 15.7. The van der Waals surface area contributed by atoms with Gasteiger partial charge in [-0.15, -0.1) is 0 Å². The minimum absolute atomic E-state index is 0.461. The summed E-state index contributed by atoms with van der Waals surface area (Å²) in [5.41, 5.74) is 0. The molecule has 0 unspecified atom stereocenters. The van der Waals surface area contributed by atoms with Crippen LogP contribution in [0.5, 0.6) is 0 Å². The highest BCUT2D eigenvalue weighted by Gasteiger charge is 2.51. The smallest absolute Gasteiger partial charge is 0.506 e. The first-order valence-electron chi connectivity index (χ1n) is 8.69. The molecule has 0 aromatic heterocycles. The van der Waals surface area contributed by atoms with Crippen LogP contribution in [0.2, 0.25) is 0 Å². The molecule has 7 heteroatoms. The molecule has 140 valence electrons. The van der Waals surface area contributed by atoms with E-state index in [1.165, 1.54) is 0 Å². The summed E-state index contributed by atoms with van der Waals surface area (Å²) < 4.78 is 34.4. The number of ether oxygens (including phenoxy) is 4. The maximum absolute atomic E-state index is 6.61. The highest BCUT2D eigenvalue weighted by Crippen LogP contribution is 2.36. The molecule has 0 aliphatic carbocycles. The molecule has 0 fully saturated rings. The van der Waals surface area contributed by atoms with Crippen molar-refractivity contribution in [3.63, 3.8) is 0 Å². The highest BCUT2D eigenvalue weighted by molar-refractivity contribution is 6.83. The van der Waals surface area contributed by atoms with Crippen LogP contribution in [0.25, 0.3) is 0 Å². The third-order valence-electron chi connectivity index (χ3n) is 4.19. The molecular weight excluding hydrogens is 364 g/mol. The maximum Gasteiger partial charge on any atom is 0.531 e. The summed E-state index contributed by atoms with van der Waals surface area (Å²) in [7, 11) is -3.13. The zero-order valence-electron chi connectivity index (χ0n) is 14.7. The topological polar surface area (TPSA) is 55.4 Å². The van der Waals surface area contributed by atoms with Crippen molar-refractivity contribution in [3.05, 3.63) is 95.6 Å². The third-order valence-corrected chi connectivity index (χ3v) is 7.50. The van der Waals surface area contributed by atoms with Gasteiger partial charge < -0.3 is 27.8 Å². The van der Waals surface area contributed by atoms with E-state index in [1.54, 1.807) is 37.2 Å². The summed E-state index contributed by atoms with van der Waals surface area (Å²) in [6.45, 7) is 1.86. The van der Waals surface area contributed by atoms with E-state index < -0.39 is 8.56 Å². The van der Waals surface area contributed by atoms with Crippen molar-refractivity contribution in [2.24, 2.45) is 0 Å². The second-order valence-corrected chi connectivity index (χ2v) is 8.69. The first-order chi connectivity index (χ1) is 13.4. The van der Waals surface area contributed by atoms with Gasteiger partial charge in [0.1, 0.15) is 37.9 Å². The second-order valence-electron chi connectivity index (χ2n) is 5.90. The summed E-state index contributed by atoms with van der Waals surface area (Å²) in [5.74, 6) is 1.43. The molecule has 0 saturated heterocycles. The van der Waals surface area contributed by atoms with Gasteiger partial charge in [-0.1, -0.05) is 0 Å². The largest absolute Gasteiger partial charge is 0.531 e. The van der Waals surface area contributed by atoms with Crippen LogP contribution in [0, 0.1) is 0 Å². The van der Waals surface area contributed by atoms with E-state index in [-0.39, 0.29) is 0 Å². The van der Waals surface area contributed by atoms with Gasteiger partial charge in [-0.3, -0.25) is 0 Å². The number of hydrogen-bond acceptors (Lipinski definition) is 6. The molecule has 6 nitrogen and oxygen atoms in total. The van der Waals surface area contributed by atoms with Gasteiger partial charge in [0.05, 0.1) is 25.0 Å². The Hall–Kier alpha value is -3.06. The fraction of sp³-hybridized carbons (Fsp3) is 0.200. The van der Waals surface area contributed by atoms with Gasteiger partial charge >= 0.3 is 8.56 Å². The van der Waals surface area contributed by atoms with Crippen LogP contribution < -0.4 is 0 Å². The van der Waals surface area contributed by atoms with Gasteiger partial charge in [0.25, 0.3) is 0 Å². The summed E-state index contributed by atoms with van der Waals surface area (Å²) in [5, 5.41) is 1.93. The first-order valence-corrected chi connectivity index (χ1v) is 10.5. The van der Waals surface area contributed by atoms with Crippen LogP contribution in [0.3, 0.4) is 0 Å². The highest BCUT2D eigenvalue weighted by atomic mass is 28.4. The normalized spacial score (nSPS) is 20.7. The van der Waals surface area contributed by atoms with Crippen molar-refractivity contribution in [3.8, 4) is 0 Å². The van der Waals surface area contributed by atoms with Crippen LogP contribution in [-0.2, 0) is 27.8 Å². The molecule has 4 aliphatic rings. The predicted octanol–water partition coefficient (Wildman–Crippen LogP) is 3.34. The van der Waals surface area contributed by atoms with E-state index >= 15 is 0 Å². The molecule has 0 atom stereocenters. The molecule has 0 spiro atoms. The van der Waals surface area contributed by atoms with Crippen molar-refractivity contribution >= 4 is 8.56 Å². The first kappa shape index (κ1) is 17.4. The van der Waals surface area contributed by atoms with E-state index in [2.05, 4.69) is 0 Å². The molecule has 0 radical (unpaired) electrons. The minimum atomic E-state index is -3.13. The molecule has 0 N–H and O–H groups in total. The van der Waals surface area contributed by atoms with Crippen LogP contribution in [0.15, 0.2) is 95.6 Å². The molecule has 0 bridgehead atoms. The fourth-order valence-electron chi connectivity index (χ4n) is 2.90. The monoisotopic (exact) mass is 384 g/mol. The second kappa shape index (κ2) is 8.09. The van der Waals surface area contributed by atoms with Crippen molar-refractivity contribution < 1.29 is 27.8 Å². The van der Waals surface area contributed by atoms with Crippen molar-refractivity contribution in [2.45, 2.75) is 0 Å². The van der Waals surface area contributed by atoms with Crippen LogP contribution in [-0.4, -0.2) is 35.0 Å². The fourth-order valence-corrected chi connectivity index (χ4v) is 5.99.